The van der Waals surface area contributed by atoms with Crippen LogP contribution in [0, 0.1) is 5.41 Å². The fourth-order valence-electron chi connectivity index (χ4n) is 6.42. The Morgan fingerprint density at radius 2 is 1.96 bits per heavy atom. The van der Waals surface area contributed by atoms with Gasteiger partial charge < -0.3 is 37.2 Å². The Bertz CT molecular complexity index is 1890. The number of aliphatic imine (C=N–C) groups is 1. The predicted molar refractivity (Wildman–Crippen MR) is 174 cm³/mol. The first-order valence-corrected chi connectivity index (χ1v) is 17.5. The van der Waals surface area contributed by atoms with Gasteiger partial charge in [-0.1, -0.05) is 5.16 Å². The number of carboxylic acid groups (broad SMARTS) is 1. The lowest BCUT2D eigenvalue weighted by molar-refractivity contribution is -0.218. The van der Waals surface area contributed by atoms with Crippen LogP contribution in [0.2, 0.25) is 0 Å². The standard InChI is InChI=1S/C29H36N8O10S2/c1-27(2)21(24(39)37(27)47-49(42,43)44)35-23(38)20(16-12-48-26(32)34-16)36-46-28(3,25(40)41)19-7-5-13-8-14(4-6-17(13)45-19)22(31)33-15-9-29(10-15)11-18(29)30/h4,6,8,12,15,18-19,21H,5,7,9-11,30H2,1-3H3,(H2,31,33)(H2,32,34)(H,35,38)(H,40,41)(H,42,43,44)/b36-20-/t15?,18-,19+,21+,28-,29?/m0/s1. The normalized spacial score (nSPS) is 28.8. The number of thiazole rings is 1. The number of amidine groups is 1. The van der Waals surface area contributed by atoms with Crippen molar-refractivity contribution in [1.29, 1.82) is 0 Å². The number of hydrogen-bond acceptors (Lipinski definition) is 14. The van der Waals surface area contributed by atoms with E-state index >= 15 is 0 Å². The highest BCUT2D eigenvalue weighted by molar-refractivity contribution is 7.80. The third-order valence-corrected chi connectivity index (χ3v) is 10.6. The first-order chi connectivity index (χ1) is 22.8. The molecule has 18 nitrogen and oxygen atoms in total. The second-order valence-electron chi connectivity index (χ2n) is 13.4. The van der Waals surface area contributed by atoms with Crippen LogP contribution in [0.4, 0.5) is 5.13 Å². The van der Waals surface area contributed by atoms with Crippen LogP contribution in [0.3, 0.4) is 0 Å². The summed E-state index contributed by atoms with van der Waals surface area (Å²) in [5.41, 5.74) is 15.7. The van der Waals surface area contributed by atoms with Gasteiger partial charge in [-0.2, -0.15) is 13.5 Å². The van der Waals surface area contributed by atoms with Gasteiger partial charge in [0.2, 0.25) is 0 Å². The minimum absolute atomic E-state index is 0.0604. The van der Waals surface area contributed by atoms with Gasteiger partial charge in [0.25, 0.3) is 17.4 Å². The minimum Gasteiger partial charge on any atom is -0.485 e. The number of nitrogens with two attached hydrogens (primary N) is 3. The molecule has 49 heavy (non-hydrogen) atoms. The van der Waals surface area contributed by atoms with Gasteiger partial charge in [0.15, 0.2) is 16.9 Å². The summed E-state index contributed by atoms with van der Waals surface area (Å²) in [6, 6.07) is 4.35. The van der Waals surface area contributed by atoms with Gasteiger partial charge in [-0.15, -0.1) is 15.6 Å². The number of carbonyl (C=O) groups excluding carboxylic acids is 2. The molecule has 1 aromatic heterocycles. The topological polar surface area (TPSA) is 284 Å². The van der Waals surface area contributed by atoms with E-state index in [2.05, 4.69) is 24.7 Å². The van der Waals surface area contributed by atoms with Gasteiger partial charge in [0, 0.05) is 17.0 Å². The van der Waals surface area contributed by atoms with Crippen LogP contribution in [0.15, 0.2) is 33.7 Å². The molecule has 2 saturated carbocycles. The number of amides is 2. The number of carbonyl (C=O) groups is 3. The van der Waals surface area contributed by atoms with E-state index < -0.39 is 57.2 Å². The maximum absolute atomic E-state index is 13.5. The second-order valence-corrected chi connectivity index (χ2v) is 15.3. The number of ether oxygens (including phenoxy) is 1. The number of carboxylic acids is 1. The Hall–Kier alpha value is -4.37. The first-order valence-electron chi connectivity index (χ1n) is 15.2. The lowest BCUT2D eigenvalue weighted by Crippen LogP contribution is -2.76. The average molecular weight is 721 g/mol. The Kier molecular flexibility index (Phi) is 8.38. The molecule has 0 bridgehead atoms. The first kappa shape index (κ1) is 34.5. The Balaban J connectivity index is 1.18. The molecule has 0 unspecified atom stereocenters. The molecule has 3 fully saturated rings. The Labute approximate surface area is 284 Å². The van der Waals surface area contributed by atoms with Crippen molar-refractivity contribution in [2.24, 2.45) is 27.0 Å². The molecule has 20 heteroatoms. The van der Waals surface area contributed by atoms with E-state index in [0.29, 0.717) is 23.1 Å². The van der Waals surface area contributed by atoms with Crippen molar-refractivity contribution >= 4 is 56.2 Å². The van der Waals surface area contributed by atoms with E-state index in [1.807, 2.05) is 6.07 Å². The number of nitrogen functional groups attached to an aromatic ring is 1. The zero-order chi connectivity index (χ0) is 35.7. The molecule has 2 amide bonds. The van der Waals surface area contributed by atoms with Crippen molar-refractivity contribution in [3.63, 3.8) is 0 Å². The monoisotopic (exact) mass is 720 g/mol. The van der Waals surface area contributed by atoms with Gasteiger partial charge in [-0.25, -0.2) is 9.78 Å². The Morgan fingerprint density at radius 1 is 1.27 bits per heavy atom. The number of nitrogens with one attached hydrogen (secondary N) is 1. The number of aryl methyl sites for hydroxylation is 1. The lowest BCUT2D eigenvalue weighted by Gasteiger charge is -2.50. The van der Waals surface area contributed by atoms with Crippen molar-refractivity contribution in [3.8, 4) is 5.75 Å². The number of β-lactam (4-membered cyclic amide) rings is 1. The number of aliphatic carboxylic acids is 1. The quantitative estimate of drug-likeness (QED) is 0.0591. The van der Waals surface area contributed by atoms with Crippen molar-refractivity contribution in [2.45, 2.75) is 88.2 Å². The van der Waals surface area contributed by atoms with Crippen LogP contribution in [0.1, 0.15) is 63.3 Å². The van der Waals surface area contributed by atoms with E-state index in [-0.39, 0.29) is 34.7 Å². The van der Waals surface area contributed by atoms with Crippen LogP contribution in [-0.4, -0.2) is 92.8 Å². The molecule has 6 rings (SSSR count). The highest BCUT2D eigenvalue weighted by atomic mass is 32.3. The number of benzene rings is 1. The summed E-state index contributed by atoms with van der Waals surface area (Å²) >= 11 is 0.966. The fraction of sp³-hybridized carbons (Fsp3) is 0.517. The number of anilines is 1. The average Bonchev–Trinajstić information content (AvgIpc) is 3.50. The van der Waals surface area contributed by atoms with E-state index in [4.69, 9.17) is 31.3 Å². The number of aromatic nitrogens is 1. The molecule has 4 aliphatic rings. The van der Waals surface area contributed by atoms with Crippen molar-refractivity contribution in [3.05, 3.63) is 40.4 Å². The van der Waals surface area contributed by atoms with Crippen LogP contribution in [-0.2, 0) is 40.3 Å². The van der Waals surface area contributed by atoms with Gasteiger partial charge in [-0.3, -0.25) is 19.1 Å². The highest BCUT2D eigenvalue weighted by Gasteiger charge is 2.60. The smallest absolute Gasteiger partial charge is 0.418 e. The molecule has 0 radical (unpaired) electrons. The molecular weight excluding hydrogens is 684 g/mol. The largest absolute Gasteiger partial charge is 0.485 e. The van der Waals surface area contributed by atoms with Crippen LogP contribution in [0.5, 0.6) is 5.75 Å². The van der Waals surface area contributed by atoms with Crippen LogP contribution >= 0.6 is 11.3 Å². The molecule has 2 aliphatic heterocycles. The molecule has 1 aromatic carbocycles. The second kappa shape index (κ2) is 11.9. The predicted octanol–water partition coefficient (Wildman–Crippen LogP) is 0.108. The highest BCUT2D eigenvalue weighted by Crippen LogP contribution is 2.60. The van der Waals surface area contributed by atoms with E-state index in [1.54, 1.807) is 12.1 Å². The fourth-order valence-corrected chi connectivity index (χ4v) is 7.42. The van der Waals surface area contributed by atoms with Crippen LogP contribution in [0.25, 0.3) is 0 Å². The van der Waals surface area contributed by atoms with Crippen LogP contribution < -0.4 is 27.3 Å². The summed E-state index contributed by atoms with van der Waals surface area (Å²) in [6.45, 7) is 3.99. The third-order valence-electron chi connectivity index (χ3n) is 9.63. The lowest BCUT2D eigenvalue weighted by atomic mass is 9.76. The van der Waals surface area contributed by atoms with E-state index in [9.17, 15) is 27.9 Å². The number of rotatable bonds is 11. The number of hydroxylamine groups is 2. The van der Waals surface area contributed by atoms with Crippen molar-refractivity contribution in [2.75, 3.05) is 5.73 Å². The summed E-state index contributed by atoms with van der Waals surface area (Å²) in [4.78, 5) is 53.0. The summed E-state index contributed by atoms with van der Waals surface area (Å²) < 4.78 is 41.7. The number of fused-ring (bicyclic) bond motifs is 1. The molecular formula is C29H36N8O10S2. The molecule has 4 atom stereocenters. The number of oxime groups is 1. The summed E-state index contributed by atoms with van der Waals surface area (Å²) in [6.07, 6.45) is 2.45. The maximum atomic E-state index is 13.5. The number of nitrogens with zero attached hydrogens (tertiary/aromatic N) is 4. The van der Waals surface area contributed by atoms with Gasteiger partial charge in [0.1, 0.15) is 23.3 Å². The summed E-state index contributed by atoms with van der Waals surface area (Å²) in [7, 11) is -5.03. The molecule has 2 aliphatic carbocycles. The molecule has 9 N–H and O–H groups in total. The maximum Gasteiger partial charge on any atom is 0.418 e. The van der Waals surface area contributed by atoms with E-state index in [1.165, 1.54) is 26.2 Å². The molecule has 3 heterocycles. The number of hydrogen-bond donors (Lipinski definition) is 6. The van der Waals surface area contributed by atoms with Gasteiger partial charge in [0.05, 0.1) is 11.6 Å². The molecule has 2 aromatic rings. The Morgan fingerprint density at radius 3 is 2.53 bits per heavy atom. The van der Waals surface area contributed by atoms with Gasteiger partial charge >= 0.3 is 16.4 Å². The third kappa shape index (κ3) is 6.41. The zero-order valence-electron chi connectivity index (χ0n) is 26.7. The van der Waals surface area contributed by atoms with Crippen molar-refractivity contribution < 1.29 is 46.3 Å². The zero-order valence-corrected chi connectivity index (χ0v) is 28.3. The SMILES string of the molecule is CC1(C)[C@H](NC(=O)/C(=N\O[C@](C)(C(=O)O)[C@H]2CCc3cc(C(N)=NC4CC5(C4)C[C@@H]5N)ccc3O2)c2csc(N)n2)C(=O)N1OS(=O)(=O)O. The van der Waals surface area contributed by atoms with Crippen molar-refractivity contribution in [1.82, 2.24) is 15.4 Å². The summed E-state index contributed by atoms with van der Waals surface area (Å²) in [5.74, 6) is -2.61. The molecule has 1 spiro atoms. The summed E-state index contributed by atoms with van der Waals surface area (Å²) in [5, 5.41) is 18.4. The molecule has 264 valence electrons. The van der Waals surface area contributed by atoms with Gasteiger partial charge in [-0.05, 0) is 82.1 Å². The minimum atomic E-state index is -5.03. The van der Waals surface area contributed by atoms with E-state index in [0.717, 1.165) is 41.7 Å². The molecule has 1 saturated heterocycles.